The monoisotopic (exact) mass is 303 g/mol. The van der Waals surface area contributed by atoms with Crippen LogP contribution in [0.15, 0.2) is 12.4 Å². The van der Waals surface area contributed by atoms with Crippen molar-refractivity contribution in [2.24, 2.45) is 0 Å². The van der Waals surface area contributed by atoms with Crippen molar-refractivity contribution < 1.29 is 4.79 Å². The summed E-state index contributed by atoms with van der Waals surface area (Å²) >= 11 is 0. The molecule has 6 nitrogen and oxygen atoms in total. The number of nitrogens with one attached hydrogen (secondary N) is 1. The molecule has 0 unspecified atom stereocenters. The molecule has 0 fully saturated rings. The quantitative estimate of drug-likeness (QED) is 0.855. The van der Waals surface area contributed by atoms with Crippen LogP contribution in [0.25, 0.3) is 0 Å². The van der Waals surface area contributed by atoms with E-state index in [1.54, 1.807) is 6.20 Å². The van der Waals surface area contributed by atoms with Crippen LogP contribution in [0.5, 0.6) is 0 Å². The fourth-order valence-electron chi connectivity index (χ4n) is 2.59. The second-order valence-corrected chi connectivity index (χ2v) is 5.46. The van der Waals surface area contributed by atoms with Gasteiger partial charge in [-0.3, -0.25) is 9.48 Å². The zero-order valence-corrected chi connectivity index (χ0v) is 13.9. The number of carbonyl (C=O) groups excluding carboxylic acids is 1. The molecule has 0 aliphatic heterocycles. The molecule has 6 heteroatoms. The Balaban J connectivity index is 1.97. The normalized spacial score (nSPS) is 10.9. The van der Waals surface area contributed by atoms with Gasteiger partial charge in [0.2, 0.25) is 5.91 Å². The van der Waals surface area contributed by atoms with Gasteiger partial charge in [-0.1, -0.05) is 13.8 Å². The van der Waals surface area contributed by atoms with Crippen LogP contribution in [0.2, 0.25) is 0 Å². The lowest BCUT2D eigenvalue weighted by Crippen LogP contribution is -2.16. The van der Waals surface area contributed by atoms with E-state index in [2.05, 4.69) is 29.2 Å². The standard InChI is InChI=1S/C16H25N5O/c1-5-9-21-13(4)16(12(3)19-21)18-15(22)7-10-20-11-8-17-14(20)6-2/h8,11H,5-7,9-10H2,1-4H3,(H,18,22). The van der Waals surface area contributed by atoms with Crippen LogP contribution >= 0.6 is 0 Å². The topological polar surface area (TPSA) is 64.7 Å². The van der Waals surface area contributed by atoms with Gasteiger partial charge in [-0.2, -0.15) is 5.10 Å². The average molecular weight is 303 g/mol. The van der Waals surface area contributed by atoms with Gasteiger partial charge >= 0.3 is 0 Å². The Hall–Kier alpha value is -2.11. The van der Waals surface area contributed by atoms with Crippen molar-refractivity contribution in [3.8, 4) is 0 Å². The number of aromatic nitrogens is 4. The van der Waals surface area contributed by atoms with Crippen LogP contribution in [-0.2, 0) is 24.3 Å². The molecule has 2 aromatic rings. The molecule has 0 aliphatic rings. The molecule has 0 atom stereocenters. The van der Waals surface area contributed by atoms with E-state index in [0.717, 1.165) is 42.3 Å². The largest absolute Gasteiger partial charge is 0.334 e. The Labute approximate surface area is 131 Å². The summed E-state index contributed by atoms with van der Waals surface area (Å²) in [6.07, 6.45) is 6.02. The number of anilines is 1. The summed E-state index contributed by atoms with van der Waals surface area (Å²) in [6.45, 7) is 9.63. The summed E-state index contributed by atoms with van der Waals surface area (Å²) in [4.78, 5) is 16.5. The molecule has 0 aliphatic carbocycles. The molecule has 0 saturated carbocycles. The maximum absolute atomic E-state index is 12.2. The minimum atomic E-state index is 0.0120. The highest BCUT2D eigenvalue weighted by Gasteiger charge is 2.14. The second-order valence-electron chi connectivity index (χ2n) is 5.46. The Bertz CT molecular complexity index is 641. The van der Waals surface area contributed by atoms with E-state index >= 15 is 0 Å². The van der Waals surface area contributed by atoms with E-state index in [1.165, 1.54) is 0 Å². The predicted molar refractivity (Wildman–Crippen MR) is 86.8 cm³/mol. The summed E-state index contributed by atoms with van der Waals surface area (Å²) in [5.41, 5.74) is 2.74. The molecule has 22 heavy (non-hydrogen) atoms. The van der Waals surface area contributed by atoms with Crippen molar-refractivity contribution >= 4 is 11.6 Å². The number of hydrogen-bond acceptors (Lipinski definition) is 3. The maximum atomic E-state index is 12.2. The number of nitrogens with zero attached hydrogens (tertiary/aromatic N) is 4. The smallest absolute Gasteiger partial charge is 0.226 e. The van der Waals surface area contributed by atoms with Gasteiger partial charge in [0.1, 0.15) is 5.82 Å². The van der Waals surface area contributed by atoms with Crippen LogP contribution in [0, 0.1) is 13.8 Å². The number of carbonyl (C=O) groups is 1. The van der Waals surface area contributed by atoms with E-state index in [0.29, 0.717) is 13.0 Å². The summed E-state index contributed by atoms with van der Waals surface area (Å²) in [7, 11) is 0. The van der Waals surface area contributed by atoms with E-state index in [4.69, 9.17) is 0 Å². The maximum Gasteiger partial charge on any atom is 0.226 e. The average Bonchev–Trinajstić information content (AvgIpc) is 3.05. The SMILES string of the molecule is CCCn1nc(C)c(NC(=O)CCn2ccnc2CC)c1C. The molecule has 0 bridgehead atoms. The molecule has 0 radical (unpaired) electrons. The van der Waals surface area contributed by atoms with Gasteiger partial charge < -0.3 is 9.88 Å². The van der Waals surface area contributed by atoms with Gasteiger partial charge in [-0.05, 0) is 20.3 Å². The van der Waals surface area contributed by atoms with Crippen molar-refractivity contribution in [1.82, 2.24) is 19.3 Å². The van der Waals surface area contributed by atoms with Crippen LogP contribution in [0.4, 0.5) is 5.69 Å². The fourth-order valence-corrected chi connectivity index (χ4v) is 2.59. The molecule has 2 aromatic heterocycles. The lowest BCUT2D eigenvalue weighted by Gasteiger charge is -2.08. The van der Waals surface area contributed by atoms with Crippen LogP contribution in [-0.4, -0.2) is 25.2 Å². The highest BCUT2D eigenvalue weighted by Crippen LogP contribution is 2.20. The van der Waals surface area contributed by atoms with Gasteiger partial charge in [0.05, 0.1) is 17.1 Å². The number of rotatable bonds is 7. The van der Waals surface area contributed by atoms with E-state index < -0.39 is 0 Å². The van der Waals surface area contributed by atoms with Crippen molar-refractivity contribution in [1.29, 1.82) is 0 Å². The molecular formula is C16H25N5O. The molecule has 0 saturated heterocycles. The Morgan fingerprint density at radius 1 is 1.27 bits per heavy atom. The molecule has 0 aromatic carbocycles. The minimum absolute atomic E-state index is 0.0120. The molecule has 2 heterocycles. The summed E-state index contributed by atoms with van der Waals surface area (Å²) < 4.78 is 3.98. The van der Waals surface area contributed by atoms with Crippen molar-refractivity contribution in [3.05, 3.63) is 29.6 Å². The summed E-state index contributed by atoms with van der Waals surface area (Å²) in [5.74, 6) is 1.02. The van der Waals surface area contributed by atoms with E-state index in [-0.39, 0.29) is 5.91 Å². The summed E-state index contributed by atoms with van der Waals surface area (Å²) in [6, 6.07) is 0. The minimum Gasteiger partial charge on any atom is -0.334 e. The predicted octanol–water partition coefficient (Wildman–Crippen LogP) is 2.70. The van der Waals surface area contributed by atoms with Crippen molar-refractivity contribution in [2.45, 2.75) is 60.0 Å². The second kappa shape index (κ2) is 7.24. The lowest BCUT2D eigenvalue weighted by molar-refractivity contribution is -0.116. The first kappa shape index (κ1) is 16.3. The third-order valence-electron chi connectivity index (χ3n) is 3.78. The summed E-state index contributed by atoms with van der Waals surface area (Å²) in [5, 5.41) is 7.48. The van der Waals surface area contributed by atoms with Crippen LogP contribution < -0.4 is 5.32 Å². The first-order valence-electron chi connectivity index (χ1n) is 7.90. The number of hydrogen-bond donors (Lipinski definition) is 1. The molecule has 1 amide bonds. The number of aryl methyl sites for hydroxylation is 4. The van der Waals surface area contributed by atoms with Crippen LogP contribution in [0.1, 0.15) is 43.9 Å². The highest BCUT2D eigenvalue weighted by atomic mass is 16.1. The number of imidazole rings is 1. The first-order chi connectivity index (χ1) is 10.6. The molecular weight excluding hydrogens is 278 g/mol. The van der Waals surface area contributed by atoms with Gasteiger partial charge in [0.15, 0.2) is 0 Å². The van der Waals surface area contributed by atoms with E-state index in [1.807, 2.05) is 29.3 Å². The van der Waals surface area contributed by atoms with E-state index in [9.17, 15) is 4.79 Å². The highest BCUT2D eigenvalue weighted by molar-refractivity contribution is 5.91. The zero-order chi connectivity index (χ0) is 16.1. The number of amides is 1. The molecule has 120 valence electrons. The molecule has 1 N–H and O–H groups in total. The molecule has 0 spiro atoms. The van der Waals surface area contributed by atoms with Gasteiger partial charge in [-0.15, -0.1) is 0 Å². The fraction of sp³-hybridized carbons (Fsp3) is 0.562. The Kier molecular flexibility index (Phi) is 5.35. The lowest BCUT2D eigenvalue weighted by atomic mass is 10.3. The van der Waals surface area contributed by atoms with Gasteiger partial charge in [0, 0.05) is 38.3 Å². The zero-order valence-electron chi connectivity index (χ0n) is 13.9. The van der Waals surface area contributed by atoms with Crippen molar-refractivity contribution in [3.63, 3.8) is 0 Å². The third kappa shape index (κ3) is 3.55. The van der Waals surface area contributed by atoms with Crippen molar-refractivity contribution in [2.75, 3.05) is 5.32 Å². The Morgan fingerprint density at radius 2 is 2.05 bits per heavy atom. The van der Waals surface area contributed by atoms with Gasteiger partial charge in [-0.25, -0.2) is 4.98 Å². The third-order valence-corrected chi connectivity index (χ3v) is 3.78. The van der Waals surface area contributed by atoms with Gasteiger partial charge in [0.25, 0.3) is 0 Å². The van der Waals surface area contributed by atoms with Crippen LogP contribution in [0.3, 0.4) is 0 Å². The first-order valence-corrected chi connectivity index (χ1v) is 7.90. The Morgan fingerprint density at radius 3 is 2.73 bits per heavy atom. The molecule has 2 rings (SSSR count).